The fourth-order valence-electron chi connectivity index (χ4n) is 3.90. The number of ether oxygens (including phenoxy) is 1. The van der Waals surface area contributed by atoms with E-state index in [1.807, 2.05) is 0 Å². The highest BCUT2D eigenvalue weighted by Crippen LogP contribution is 2.50. The molecule has 2 saturated carbocycles. The van der Waals surface area contributed by atoms with Gasteiger partial charge in [0.2, 0.25) is 0 Å². The molecular formula is C15H26O. The predicted octanol–water partition coefficient (Wildman–Crippen LogP) is 4.02. The van der Waals surface area contributed by atoms with Gasteiger partial charge in [0.05, 0.1) is 12.2 Å². The largest absolute Gasteiger partial charge is 0.375 e. The maximum Gasteiger partial charge on any atom is 0.0683 e. The lowest BCUT2D eigenvalue weighted by Crippen LogP contribution is -2.38. The minimum absolute atomic E-state index is 0.318. The Kier molecular flexibility index (Phi) is 2.78. The molecule has 3 fully saturated rings. The molecule has 1 saturated heterocycles. The van der Waals surface area contributed by atoms with Gasteiger partial charge in [0.25, 0.3) is 0 Å². The van der Waals surface area contributed by atoms with Crippen molar-refractivity contribution in [1.29, 1.82) is 0 Å². The van der Waals surface area contributed by atoms with Crippen LogP contribution >= 0.6 is 0 Å². The second-order valence-electron chi connectivity index (χ2n) is 6.87. The number of rotatable bonds is 1. The molecular weight excluding hydrogens is 196 g/mol. The minimum Gasteiger partial charge on any atom is -0.375 e. The SMILES string of the molecule is CC(C)C1CCC2(CC1)CC[C@@H]1C[C@@H]1CO2. The zero-order valence-corrected chi connectivity index (χ0v) is 10.9. The van der Waals surface area contributed by atoms with Gasteiger partial charge in [-0.25, -0.2) is 0 Å². The van der Waals surface area contributed by atoms with Crippen molar-refractivity contribution in [2.24, 2.45) is 23.7 Å². The Morgan fingerprint density at radius 1 is 1.00 bits per heavy atom. The zero-order valence-electron chi connectivity index (χ0n) is 10.9. The van der Waals surface area contributed by atoms with Crippen LogP contribution in [-0.2, 0) is 4.74 Å². The summed E-state index contributed by atoms with van der Waals surface area (Å²) in [6.07, 6.45) is 9.78. The molecule has 0 aromatic carbocycles. The standard InChI is InChI=1S/C15H26O/c1-11(2)12-3-6-15(7-4-12)8-5-13-9-14(13)10-16-15/h11-14H,3-10H2,1-2H3/t12?,13-,14-,15?/m1/s1. The molecule has 0 aromatic rings. The van der Waals surface area contributed by atoms with Gasteiger partial charge < -0.3 is 4.74 Å². The fourth-order valence-corrected chi connectivity index (χ4v) is 3.90. The van der Waals surface area contributed by atoms with Gasteiger partial charge in [-0.2, -0.15) is 0 Å². The Morgan fingerprint density at radius 3 is 2.38 bits per heavy atom. The lowest BCUT2D eigenvalue weighted by molar-refractivity contribution is -0.0844. The molecule has 0 aromatic heterocycles. The van der Waals surface area contributed by atoms with Crippen molar-refractivity contribution >= 4 is 0 Å². The number of fused-ring (bicyclic) bond motifs is 1. The van der Waals surface area contributed by atoms with Crippen LogP contribution < -0.4 is 0 Å². The average Bonchev–Trinajstić information content (AvgIpc) is 3.03. The first kappa shape index (κ1) is 11.1. The van der Waals surface area contributed by atoms with E-state index < -0.39 is 0 Å². The van der Waals surface area contributed by atoms with Crippen LogP contribution in [0.25, 0.3) is 0 Å². The summed E-state index contributed by atoms with van der Waals surface area (Å²) in [5, 5.41) is 0. The number of hydrogen-bond acceptors (Lipinski definition) is 1. The second kappa shape index (κ2) is 4.01. The summed E-state index contributed by atoms with van der Waals surface area (Å²) in [5.74, 6) is 3.83. The molecule has 0 amide bonds. The predicted molar refractivity (Wildman–Crippen MR) is 66.3 cm³/mol. The maximum absolute atomic E-state index is 6.31. The van der Waals surface area contributed by atoms with Gasteiger partial charge in [0.15, 0.2) is 0 Å². The molecule has 3 rings (SSSR count). The van der Waals surface area contributed by atoms with E-state index in [1.165, 1.54) is 44.9 Å². The second-order valence-corrected chi connectivity index (χ2v) is 6.87. The third-order valence-electron chi connectivity index (χ3n) is 5.53. The Balaban J connectivity index is 1.58. The number of hydrogen-bond donors (Lipinski definition) is 0. The van der Waals surface area contributed by atoms with Gasteiger partial charge in [0, 0.05) is 0 Å². The minimum atomic E-state index is 0.318. The molecule has 0 unspecified atom stereocenters. The van der Waals surface area contributed by atoms with Gasteiger partial charge in [-0.05, 0) is 68.6 Å². The van der Waals surface area contributed by atoms with E-state index in [4.69, 9.17) is 4.74 Å². The summed E-state index contributed by atoms with van der Waals surface area (Å²) in [5.41, 5.74) is 0.318. The van der Waals surface area contributed by atoms with Crippen molar-refractivity contribution in [3.63, 3.8) is 0 Å². The van der Waals surface area contributed by atoms with Crippen LogP contribution in [0.2, 0.25) is 0 Å². The van der Waals surface area contributed by atoms with Crippen LogP contribution in [0.15, 0.2) is 0 Å². The molecule has 1 heteroatoms. The van der Waals surface area contributed by atoms with Crippen molar-refractivity contribution in [3.05, 3.63) is 0 Å². The third kappa shape index (κ3) is 2.03. The normalized spacial score (nSPS) is 47.8. The van der Waals surface area contributed by atoms with Crippen molar-refractivity contribution in [2.75, 3.05) is 6.61 Å². The summed E-state index contributed by atoms with van der Waals surface area (Å²) in [6, 6.07) is 0. The van der Waals surface area contributed by atoms with E-state index in [1.54, 1.807) is 0 Å². The Labute approximate surface area is 99.9 Å². The topological polar surface area (TPSA) is 9.23 Å². The van der Waals surface area contributed by atoms with Gasteiger partial charge in [-0.15, -0.1) is 0 Å². The molecule has 1 aliphatic heterocycles. The molecule has 1 spiro atoms. The summed E-state index contributed by atoms with van der Waals surface area (Å²) in [7, 11) is 0. The molecule has 92 valence electrons. The molecule has 1 nitrogen and oxygen atoms in total. The zero-order chi connectivity index (χ0) is 11.2. The van der Waals surface area contributed by atoms with E-state index in [0.29, 0.717) is 5.60 Å². The van der Waals surface area contributed by atoms with Crippen LogP contribution in [0.4, 0.5) is 0 Å². The van der Waals surface area contributed by atoms with Crippen LogP contribution in [0.5, 0.6) is 0 Å². The van der Waals surface area contributed by atoms with Crippen molar-refractivity contribution in [1.82, 2.24) is 0 Å². The van der Waals surface area contributed by atoms with Crippen LogP contribution in [-0.4, -0.2) is 12.2 Å². The first-order chi connectivity index (χ1) is 7.69. The molecule has 2 aliphatic carbocycles. The van der Waals surface area contributed by atoms with E-state index in [0.717, 1.165) is 30.3 Å². The van der Waals surface area contributed by atoms with Crippen LogP contribution in [0, 0.1) is 23.7 Å². The maximum atomic E-state index is 6.31. The van der Waals surface area contributed by atoms with Crippen LogP contribution in [0.1, 0.15) is 58.8 Å². The Morgan fingerprint density at radius 2 is 1.69 bits per heavy atom. The lowest BCUT2D eigenvalue weighted by Gasteiger charge is -2.41. The fraction of sp³-hybridized carbons (Fsp3) is 1.00. The molecule has 2 atom stereocenters. The van der Waals surface area contributed by atoms with Gasteiger partial charge in [0.1, 0.15) is 0 Å². The first-order valence-electron chi connectivity index (χ1n) is 7.32. The van der Waals surface area contributed by atoms with E-state index in [2.05, 4.69) is 13.8 Å². The molecule has 0 radical (unpaired) electrons. The van der Waals surface area contributed by atoms with Crippen molar-refractivity contribution in [2.45, 2.75) is 64.4 Å². The average molecular weight is 222 g/mol. The van der Waals surface area contributed by atoms with E-state index in [-0.39, 0.29) is 0 Å². The summed E-state index contributed by atoms with van der Waals surface area (Å²) < 4.78 is 6.31. The van der Waals surface area contributed by atoms with E-state index in [9.17, 15) is 0 Å². The summed E-state index contributed by atoms with van der Waals surface area (Å²) >= 11 is 0. The highest BCUT2D eigenvalue weighted by molar-refractivity contribution is 4.96. The Bertz CT molecular complexity index is 236. The highest BCUT2D eigenvalue weighted by atomic mass is 16.5. The molecule has 16 heavy (non-hydrogen) atoms. The molecule has 0 N–H and O–H groups in total. The smallest absolute Gasteiger partial charge is 0.0683 e. The summed E-state index contributed by atoms with van der Waals surface area (Å²) in [4.78, 5) is 0. The van der Waals surface area contributed by atoms with Crippen molar-refractivity contribution < 1.29 is 4.74 Å². The monoisotopic (exact) mass is 222 g/mol. The quantitative estimate of drug-likeness (QED) is 0.651. The highest BCUT2D eigenvalue weighted by Gasteiger charge is 2.46. The molecule has 1 heterocycles. The van der Waals surface area contributed by atoms with Crippen LogP contribution in [0.3, 0.4) is 0 Å². The van der Waals surface area contributed by atoms with E-state index >= 15 is 0 Å². The third-order valence-corrected chi connectivity index (χ3v) is 5.53. The lowest BCUT2D eigenvalue weighted by atomic mass is 9.73. The van der Waals surface area contributed by atoms with Gasteiger partial charge in [-0.1, -0.05) is 13.8 Å². The van der Waals surface area contributed by atoms with Gasteiger partial charge >= 0.3 is 0 Å². The molecule has 3 aliphatic rings. The first-order valence-corrected chi connectivity index (χ1v) is 7.32. The summed E-state index contributed by atoms with van der Waals surface area (Å²) in [6.45, 7) is 5.84. The Hall–Kier alpha value is -0.0400. The molecule has 0 bridgehead atoms. The van der Waals surface area contributed by atoms with Crippen molar-refractivity contribution in [3.8, 4) is 0 Å². The van der Waals surface area contributed by atoms with Gasteiger partial charge in [-0.3, -0.25) is 0 Å².